The van der Waals surface area contributed by atoms with E-state index in [-0.39, 0.29) is 0 Å². The maximum atomic E-state index is 11.7. The quantitative estimate of drug-likeness (QED) is 0.676. The molecule has 2 aromatic rings. The van der Waals surface area contributed by atoms with E-state index in [9.17, 15) is 9.90 Å². The Morgan fingerprint density at radius 1 is 1.35 bits per heavy atom. The number of nitrogens with zero attached hydrogens (tertiary/aromatic N) is 1. The number of halogens is 1. The van der Waals surface area contributed by atoms with Gasteiger partial charge in [-0.1, -0.05) is 15.9 Å². The predicted octanol–water partition coefficient (Wildman–Crippen LogP) is 2.58. The fraction of sp³-hybridized carbons (Fsp3) is 0.167. The van der Waals surface area contributed by atoms with Crippen LogP contribution in [0.2, 0.25) is 0 Å². The smallest absolute Gasteiger partial charge is 0.325 e. The number of benzene rings is 1. The number of hydrogen-bond acceptors (Lipinski definition) is 5. The summed E-state index contributed by atoms with van der Waals surface area (Å²) >= 11 is 4.48. The first-order chi connectivity index (χ1) is 9.58. The predicted molar refractivity (Wildman–Crippen MR) is 80.9 cm³/mol. The molecule has 0 saturated carbocycles. The Kier molecular flexibility index (Phi) is 5.07. The van der Waals surface area contributed by atoms with Crippen LogP contribution in [0, 0.1) is 0 Å². The molecule has 0 aliphatic rings. The van der Waals surface area contributed by atoms with Gasteiger partial charge in [0.1, 0.15) is 6.10 Å². The van der Waals surface area contributed by atoms with Gasteiger partial charge in [-0.25, -0.2) is 9.78 Å². The zero-order valence-electron chi connectivity index (χ0n) is 10.2. The van der Waals surface area contributed by atoms with Crippen molar-refractivity contribution in [2.45, 2.75) is 6.10 Å². The number of carbonyl (C=O) groups is 1. The second-order valence-corrected chi connectivity index (χ2v) is 5.64. The highest BCUT2D eigenvalue weighted by Gasteiger charge is 2.12. The molecule has 0 spiro atoms. The van der Waals surface area contributed by atoms with Crippen molar-refractivity contribution in [1.82, 2.24) is 4.98 Å². The Morgan fingerprint density at radius 3 is 2.70 bits per heavy atom. The van der Waals surface area contributed by atoms with Gasteiger partial charge in [0.15, 0.2) is 5.13 Å². The van der Waals surface area contributed by atoms with Crippen molar-refractivity contribution in [3.8, 4) is 0 Å². The Balaban J connectivity index is 1.94. The average molecular weight is 358 g/mol. The number of aliphatic hydroxyl groups excluding tert-OH is 2. The highest BCUT2D eigenvalue weighted by atomic mass is 79.9. The molecule has 1 heterocycles. The van der Waals surface area contributed by atoms with Crippen molar-refractivity contribution in [3.63, 3.8) is 0 Å². The van der Waals surface area contributed by atoms with Gasteiger partial charge in [-0.2, -0.15) is 0 Å². The van der Waals surface area contributed by atoms with E-state index in [1.807, 2.05) is 12.1 Å². The number of aromatic nitrogens is 1. The summed E-state index contributed by atoms with van der Waals surface area (Å²) in [5.74, 6) is 0. The molecule has 0 bridgehead atoms. The van der Waals surface area contributed by atoms with Gasteiger partial charge in [0.25, 0.3) is 0 Å². The number of hydrogen-bond donors (Lipinski definition) is 4. The second kappa shape index (κ2) is 6.80. The van der Waals surface area contributed by atoms with Crippen molar-refractivity contribution in [2.24, 2.45) is 0 Å². The van der Waals surface area contributed by atoms with E-state index in [0.29, 0.717) is 16.5 Å². The van der Waals surface area contributed by atoms with Gasteiger partial charge in [-0.15, -0.1) is 11.3 Å². The molecular formula is C12H12BrN3O3S. The monoisotopic (exact) mass is 357 g/mol. The number of carbonyl (C=O) groups excluding carboxylic acids is 1. The molecule has 1 aromatic heterocycles. The van der Waals surface area contributed by atoms with Crippen LogP contribution in [0.25, 0.3) is 0 Å². The van der Waals surface area contributed by atoms with Gasteiger partial charge in [0.05, 0.1) is 12.3 Å². The lowest BCUT2D eigenvalue weighted by molar-refractivity contribution is 0.0928. The first kappa shape index (κ1) is 14.9. The van der Waals surface area contributed by atoms with E-state index in [0.717, 1.165) is 4.47 Å². The molecule has 20 heavy (non-hydrogen) atoms. The number of amides is 2. The standard InChI is InChI=1S/C12H12BrN3O3S/c13-7-1-3-8(4-2-7)14-11(19)16-12-15-9(6-20-12)10(18)5-17/h1-4,6,10,17-18H,5H2,(H2,14,15,16,19). The van der Waals surface area contributed by atoms with Crippen molar-refractivity contribution in [3.05, 3.63) is 39.8 Å². The molecule has 6 nitrogen and oxygen atoms in total. The molecule has 0 aliphatic carbocycles. The highest BCUT2D eigenvalue weighted by Crippen LogP contribution is 2.21. The second-order valence-electron chi connectivity index (χ2n) is 3.86. The van der Waals surface area contributed by atoms with Crippen LogP contribution < -0.4 is 10.6 Å². The molecule has 2 amide bonds. The van der Waals surface area contributed by atoms with Crippen molar-refractivity contribution < 1.29 is 15.0 Å². The van der Waals surface area contributed by atoms with Gasteiger partial charge >= 0.3 is 6.03 Å². The third-order valence-corrected chi connectivity index (χ3v) is 3.66. The van der Waals surface area contributed by atoms with Crippen LogP contribution in [0.3, 0.4) is 0 Å². The molecule has 2 rings (SSSR count). The van der Waals surface area contributed by atoms with E-state index < -0.39 is 18.7 Å². The maximum Gasteiger partial charge on any atom is 0.325 e. The Labute approximate surface area is 127 Å². The van der Waals surface area contributed by atoms with E-state index in [1.54, 1.807) is 17.5 Å². The Bertz CT molecular complexity index is 588. The lowest BCUT2D eigenvalue weighted by atomic mass is 10.3. The summed E-state index contributed by atoms with van der Waals surface area (Å²) in [6.45, 7) is -0.408. The Morgan fingerprint density at radius 2 is 2.05 bits per heavy atom. The zero-order valence-corrected chi connectivity index (χ0v) is 12.6. The van der Waals surface area contributed by atoms with Gasteiger partial charge < -0.3 is 15.5 Å². The third kappa shape index (κ3) is 4.01. The van der Waals surface area contributed by atoms with Crippen molar-refractivity contribution in [1.29, 1.82) is 0 Å². The SMILES string of the molecule is O=C(Nc1ccc(Br)cc1)Nc1nc(C(O)CO)cs1. The summed E-state index contributed by atoms with van der Waals surface area (Å²) in [7, 11) is 0. The normalized spacial score (nSPS) is 11.9. The summed E-state index contributed by atoms with van der Waals surface area (Å²) in [6.07, 6.45) is -1.03. The third-order valence-electron chi connectivity index (χ3n) is 2.36. The van der Waals surface area contributed by atoms with E-state index in [4.69, 9.17) is 5.11 Å². The molecule has 0 fully saturated rings. The van der Waals surface area contributed by atoms with Crippen LogP contribution in [-0.2, 0) is 0 Å². The summed E-state index contributed by atoms with van der Waals surface area (Å²) < 4.78 is 0.922. The molecule has 1 atom stereocenters. The maximum absolute atomic E-state index is 11.7. The number of thiazole rings is 1. The van der Waals surface area contributed by atoms with Gasteiger partial charge in [0.2, 0.25) is 0 Å². The first-order valence-electron chi connectivity index (χ1n) is 5.66. The summed E-state index contributed by atoms with van der Waals surface area (Å²) in [6, 6.07) is 6.72. The lowest BCUT2D eigenvalue weighted by Gasteiger charge is -2.05. The molecule has 1 aromatic carbocycles. The van der Waals surface area contributed by atoms with Crippen LogP contribution >= 0.6 is 27.3 Å². The van der Waals surface area contributed by atoms with Crippen molar-refractivity contribution in [2.75, 3.05) is 17.2 Å². The van der Waals surface area contributed by atoms with Crippen LogP contribution in [0.4, 0.5) is 15.6 Å². The number of anilines is 2. The van der Waals surface area contributed by atoms with E-state index >= 15 is 0 Å². The first-order valence-corrected chi connectivity index (χ1v) is 7.33. The molecule has 8 heteroatoms. The van der Waals surface area contributed by atoms with Crippen LogP contribution in [-0.4, -0.2) is 27.8 Å². The summed E-state index contributed by atoms with van der Waals surface area (Å²) in [5, 5.41) is 25.3. The molecule has 106 valence electrons. The summed E-state index contributed by atoms with van der Waals surface area (Å²) in [4.78, 5) is 15.7. The molecule has 0 radical (unpaired) electrons. The van der Waals surface area contributed by atoms with Gasteiger partial charge in [-0.3, -0.25) is 5.32 Å². The molecular weight excluding hydrogens is 346 g/mol. The fourth-order valence-electron chi connectivity index (χ4n) is 1.38. The van der Waals surface area contributed by atoms with Crippen LogP contribution in [0.1, 0.15) is 11.8 Å². The lowest BCUT2D eigenvalue weighted by Crippen LogP contribution is -2.19. The summed E-state index contributed by atoms with van der Waals surface area (Å²) in [5.41, 5.74) is 0.981. The minimum Gasteiger partial charge on any atom is -0.393 e. The van der Waals surface area contributed by atoms with Crippen LogP contribution in [0.5, 0.6) is 0 Å². The minimum atomic E-state index is -1.03. The minimum absolute atomic E-state index is 0.330. The number of rotatable bonds is 4. The number of nitrogens with one attached hydrogen (secondary N) is 2. The van der Waals surface area contributed by atoms with E-state index in [2.05, 4.69) is 31.5 Å². The average Bonchev–Trinajstić information content (AvgIpc) is 2.89. The fourth-order valence-corrected chi connectivity index (χ4v) is 2.40. The number of urea groups is 1. The van der Waals surface area contributed by atoms with Crippen LogP contribution in [0.15, 0.2) is 34.1 Å². The van der Waals surface area contributed by atoms with E-state index in [1.165, 1.54) is 11.3 Å². The van der Waals surface area contributed by atoms with Gasteiger partial charge in [-0.05, 0) is 24.3 Å². The molecule has 0 saturated heterocycles. The topological polar surface area (TPSA) is 94.5 Å². The number of aliphatic hydroxyl groups is 2. The zero-order chi connectivity index (χ0) is 14.5. The largest absolute Gasteiger partial charge is 0.393 e. The highest BCUT2D eigenvalue weighted by molar-refractivity contribution is 9.10. The molecule has 0 aliphatic heterocycles. The molecule has 1 unspecified atom stereocenters. The Hall–Kier alpha value is -1.48. The van der Waals surface area contributed by atoms with Gasteiger partial charge in [0, 0.05) is 15.5 Å². The molecule has 4 N–H and O–H groups in total. The van der Waals surface area contributed by atoms with Crippen molar-refractivity contribution >= 4 is 44.1 Å².